The minimum Gasteiger partial charge on any atom is -0.484 e. The number of carbonyl (C=O) groups is 2. The highest BCUT2D eigenvalue weighted by Crippen LogP contribution is 2.25. The third-order valence-electron chi connectivity index (χ3n) is 5.51. The number of anilines is 2. The molecule has 1 N–H and O–H groups in total. The normalized spacial score (nSPS) is 14.4. The summed E-state index contributed by atoms with van der Waals surface area (Å²) in [5, 5.41) is 2.89. The van der Waals surface area contributed by atoms with E-state index >= 15 is 0 Å². The van der Waals surface area contributed by atoms with Gasteiger partial charge in [0.2, 0.25) is 0 Å². The number of amides is 1. The van der Waals surface area contributed by atoms with Crippen LogP contribution in [0.15, 0.2) is 42.5 Å². The molecule has 3 rings (SSSR count). The van der Waals surface area contributed by atoms with E-state index in [1.165, 1.54) is 5.69 Å². The van der Waals surface area contributed by atoms with Gasteiger partial charge in [0.15, 0.2) is 12.4 Å². The molecule has 0 aromatic heterocycles. The second kappa shape index (κ2) is 10.3. The first kappa shape index (κ1) is 21.8. The van der Waals surface area contributed by atoms with Crippen LogP contribution >= 0.6 is 0 Å². The van der Waals surface area contributed by atoms with Gasteiger partial charge in [0.25, 0.3) is 5.91 Å². The van der Waals surface area contributed by atoms with Gasteiger partial charge >= 0.3 is 0 Å². The van der Waals surface area contributed by atoms with Crippen molar-refractivity contribution in [3.8, 4) is 5.75 Å². The minimum atomic E-state index is -0.215. The molecule has 0 spiro atoms. The van der Waals surface area contributed by atoms with Gasteiger partial charge in [0.1, 0.15) is 5.75 Å². The minimum absolute atomic E-state index is 0.0825. The van der Waals surface area contributed by atoms with Crippen LogP contribution in [0.4, 0.5) is 11.4 Å². The molecule has 1 saturated heterocycles. The SMILES string of the molecule is CCC(=O)c1ccc(OCC(=O)Nc2ccc(N3CCN(CC)CC3)c(C)c2)cc1. The largest absolute Gasteiger partial charge is 0.484 e. The first-order valence-corrected chi connectivity index (χ1v) is 10.6. The summed E-state index contributed by atoms with van der Waals surface area (Å²) in [4.78, 5) is 28.8. The molecule has 2 aromatic carbocycles. The van der Waals surface area contributed by atoms with E-state index in [0.717, 1.165) is 44.0 Å². The maximum Gasteiger partial charge on any atom is 0.262 e. The van der Waals surface area contributed by atoms with Crippen LogP contribution in [0, 0.1) is 6.92 Å². The standard InChI is InChI=1S/C24H31N3O3/c1-4-23(28)19-6-9-21(10-7-19)30-17-24(29)25-20-8-11-22(18(3)16-20)27-14-12-26(5-2)13-15-27/h6-11,16H,4-5,12-15,17H2,1-3H3,(H,25,29). The molecule has 0 unspecified atom stereocenters. The van der Waals surface area contributed by atoms with Crippen LogP contribution in [0.5, 0.6) is 5.75 Å². The molecule has 6 nitrogen and oxygen atoms in total. The Morgan fingerprint density at radius 3 is 2.30 bits per heavy atom. The average molecular weight is 410 g/mol. The molecule has 2 aromatic rings. The summed E-state index contributed by atoms with van der Waals surface area (Å²) in [6.07, 6.45) is 0.468. The van der Waals surface area contributed by atoms with Crippen LogP contribution in [0.25, 0.3) is 0 Å². The zero-order valence-electron chi connectivity index (χ0n) is 18.1. The number of rotatable bonds is 8. The van der Waals surface area contributed by atoms with E-state index in [4.69, 9.17) is 4.74 Å². The number of carbonyl (C=O) groups excluding carboxylic acids is 2. The number of Topliss-reactive ketones (excluding diaryl/α,β-unsaturated/α-hetero) is 1. The summed E-state index contributed by atoms with van der Waals surface area (Å²) in [5.74, 6) is 0.438. The van der Waals surface area contributed by atoms with Crippen LogP contribution in [0.3, 0.4) is 0 Å². The Morgan fingerprint density at radius 2 is 1.70 bits per heavy atom. The number of likely N-dealkylation sites (N-methyl/N-ethyl adjacent to an activating group) is 1. The molecule has 6 heteroatoms. The molecule has 1 heterocycles. The van der Waals surface area contributed by atoms with Gasteiger partial charge in [-0.1, -0.05) is 13.8 Å². The predicted molar refractivity (Wildman–Crippen MR) is 121 cm³/mol. The molecular formula is C24H31N3O3. The average Bonchev–Trinajstić information content (AvgIpc) is 2.78. The number of hydrogen-bond donors (Lipinski definition) is 1. The van der Waals surface area contributed by atoms with Crippen molar-refractivity contribution < 1.29 is 14.3 Å². The lowest BCUT2D eigenvalue weighted by Gasteiger charge is -2.36. The van der Waals surface area contributed by atoms with E-state index in [1.54, 1.807) is 24.3 Å². The van der Waals surface area contributed by atoms with E-state index in [-0.39, 0.29) is 18.3 Å². The molecule has 30 heavy (non-hydrogen) atoms. The Balaban J connectivity index is 1.51. The summed E-state index contributed by atoms with van der Waals surface area (Å²) in [6, 6.07) is 12.9. The Hall–Kier alpha value is -2.86. The van der Waals surface area contributed by atoms with E-state index in [0.29, 0.717) is 17.7 Å². The molecule has 0 saturated carbocycles. The van der Waals surface area contributed by atoms with Crippen molar-refractivity contribution in [1.29, 1.82) is 0 Å². The van der Waals surface area contributed by atoms with Crippen molar-refractivity contribution in [1.82, 2.24) is 4.90 Å². The Labute approximate surface area is 178 Å². The summed E-state index contributed by atoms with van der Waals surface area (Å²) >= 11 is 0. The van der Waals surface area contributed by atoms with E-state index in [1.807, 2.05) is 19.1 Å². The summed E-state index contributed by atoms with van der Waals surface area (Å²) in [6.45, 7) is 11.3. The molecule has 1 aliphatic rings. The first-order valence-electron chi connectivity index (χ1n) is 10.6. The molecule has 1 aliphatic heterocycles. The third-order valence-corrected chi connectivity index (χ3v) is 5.51. The van der Waals surface area contributed by atoms with Gasteiger partial charge in [-0.2, -0.15) is 0 Å². The third kappa shape index (κ3) is 5.60. The zero-order valence-corrected chi connectivity index (χ0v) is 18.1. The lowest BCUT2D eigenvalue weighted by atomic mass is 10.1. The predicted octanol–water partition coefficient (Wildman–Crippen LogP) is 3.75. The first-order chi connectivity index (χ1) is 14.5. The monoisotopic (exact) mass is 409 g/mol. The molecule has 1 amide bonds. The fourth-order valence-electron chi connectivity index (χ4n) is 3.68. The number of benzene rings is 2. The number of ether oxygens (including phenoxy) is 1. The summed E-state index contributed by atoms with van der Waals surface area (Å²) in [5.41, 5.74) is 3.79. The van der Waals surface area contributed by atoms with Crippen LogP contribution in [0.2, 0.25) is 0 Å². The number of aryl methyl sites for hydroxylation is 1. The topological polar surface area (TPSA) is 61.9 Å². The highest BCUT2D eigenvalue weighted by atomic mass is 16.5. The van der Waals surface area contributed by atoms with Crippen LogP contribution in [0.1, 0.15) is 36.2 Å². The Bertz CT molecular complexity index is 872. The lowest BCUT2D eigenvalue weighted by molar-refractivity contribution is -0.118. The van der Waals surface area contributed by atoms with Gasteiger partial charge in [-0.05, 0) is 61.5 Å². The van der Waals surface area contributed by atoms with Crippen molar-refractivity contribution in [2.24, 2.45) is 0 Å². The summed E-state index contributed by atoms with van der Waals surface area (Å²) in [7, 11) is 0. The van der Waals surface area contributed by atoms with Crippen molar-refractivity contribution in [3.63, 3.8) is 0 Å². The number of piperazine rings is 1. The maximum atomic E-state index is 12.3. The van der Waals surface area contributed by atoms with E-state index in [9.17, 15) is 9.59 Å². The number of hydrogen-bond acceptors (Lipinski definition) is 5. The number of nitrogens with zero attached hydrogens (tertiary/aromatic N) is 2. The Kier molecular flexibility index (Phi) is 7.46. The van der Waals surface area contributed by atoms with Gasteiger partial charge in [-0.15, -0.1) is 0 Å². The fraction of sp³-hybridized carbons (Fsp3) is 0.417. The van der Waals surface area contributed by atoms with Crippen molar-refractivity contribution >= 4 is 23.1 Å². The second-order valence-electron chi connectivity index (χ2n) is 7.56. The molecule has 0 atom stereocenters. The van der Waals surface area contributed by atoms with Crippen LogP contribution in [-0.4, -0.2) is 55.9 Å². The van der Waals surface area contributed by atoms with Gasteiger partial charge in [-0.25, -0.2) is 0 Å². The van der Waals surface area contributed by atoms with Gasteiger partial charge in [-0.3, -0.25) is 9.59 Å². The van der Waals surface area contributed by atoms with Crippen LogP contribution < -0.4 is 15.0 Å². The van der Waals surface area contributed by atoms with Crippen molar-refractivity contribution in [3.05, 3.63) is 53.6 Å². The molecule has 0 radical (unpaired) electrons. The van der Waals surface area contributed by atoms with Crippen LogP contribution in [-0.2, 0) is 4.79 Å². The number of nitrogens with one attached hydrogen (secondary N) is 1. The molecule has 0 bridgehead atoms. The van der Waals surface area contributed by atoms with E-state index < -0.39 is 0 Å². The van der Waals surface area contributed by atoms with Gasteiger partial charge in [0, 0.05) is 49.5 Å². The zero-order chi connectivity index (χ0) is 21.5. The molecule has 0 aliphatic carbocycles. The maximum absolute atomic E-state index is 12.3. The van der Waals surface area contributed by atoms with E-state index in [2.05, 4.69) is 35.0 Å². The van der Waals surface area contributed by atoms with Crippen molar-refractivity contribution in [2.45, 2.75) is 27.2 Å². The Morgan fingerprint density at radius 1 is 1.00 bits per heavy atom. The fourth-order valence-corrected chi connectivity index (χ4v) is 3.68. The quantitative estimate of drug-likeness (QED) is 0.673. The molecular weight excluding hydrogens is 378 g/mol. The molecule has 160 valence electrons. The highest BCUT2D eigenvalue weighted by molar-refractivity contribution is 5.96. The second-order valence-corrected chi connectivity index (χ2v) is 7.56. The smallest absolute Gasteiger partial charge is 0.262 e. The highest BCUT2D eigenvalue weighted by Gasteiger charge is 2.17. The van der Waals surface area contributed by atoms with Gasteiger partial charge < -0.3 is 19.9 Å². The number of ketones is 1. The molecule has 1 fully saturated rings. The van der Waals surface area contributed by atoms with Gasteiger partial charge in [0.05, 0.1) is 0 Å². The summed E-state index contributed by atoms with van der Waals surface area (Å²) < 4.78 is 5.54. The lowest BCUT2D eigenvalue weighted by Crippen LogP contribution is -2.46. The van der Waals surface area contributed by atoms with Crippen molar-refractivity contribution in [2.75, 3.05) is 49.5 Å².